The van der Waals surface area contributed by atoms with E-state index in [2.05, 4.69) is 20.1 Å². The number of carbonyl (C=O) groups excluding carboxylic acids is 1. The van der Waals surface area contributed by atoms with Gasteiger partial charge in [0.1, 0.15) is 24.9 Å². The van der Waals surface area contributed by atoms with E-state index in [1.54, 1.807) is 66.2 Å². The van der Waals surface area contributed by atoms with Gasteiger partial charge in [-0.15, -0.1) is 0 Å². The van der Waals surface area contributed by atoms with E-state index in [0.717, 1.165) is 0 Å². The van der Waals surface area contributed by atoms with E-state index in [4.69, 9.17) is 11.6 Å². The van der Waals surface area contributed by atoms with Gasteiger partial charge in [-0.2, -0.15) is 5.10 Å². The largest absolute Gasteiger partial charge is 0.350 e. The van der Waals surface area contributed by atoms with Crippen LogP contribution in [-0.4, -0.2) is 33.7 Å². The third-order valence-electron chi connectivity index (χ3n) is 5.34. The Morgan fingerprint density at radius 3 is 2.58 bits per heavy atom. The maximum Gasteiger partial charge on any atom is 0.275 e. The first kappa shape index (κ1) is 25.1. The summed E-state index contributed by atoms with van der Waals surface area (Å²) in [6, 6.07) is 16.8. The molecule has 0 unspecified atom stereocenters. The monoisotopic (exact) mass is 526 g/mol. The number of hydrogen-bond acceptors (Lipinski definition) is 6. The highest BCUT2D eigenvalue weighted by Crippen LogP contribution is 2.19. The number of sulfonamides is 1. The minimum atomic E-state index is -3.83. The smallest absolute Gasteiger partial charge is 0.275 e. The van der Waals surface area contributed by atoms with Crippen LogP contribution in [0.5, 0.6) is 0 Å². The highest BCUT2D eigenvalue weighted by Gasteiger charge is 2.17. The first-order valence-electron chi connectivity index (χ1n) is 10.9. The Balaban J connectivity index is 1.47. The molecule has 2 aromatic carbocycles. The number of aromatic nitrogens is 4. The molecule has 4 rings (SSSR count). The summed E-state index contributed by atoms with van der Waals surface area (Å²) in [5.41, 5.74) is 1.74. The maximum atomic E-state index is 13.0. The topological polar surface area (TPSA) is 128 Å². The molecule has 0 radical (unpaired) electrons. The van der Waals surface area contributed by atoms with Crippen molar-refractivity contribution >= 4 is 33.2 Å². The number of hydrogen-bond donors (Lipinski definition) is 2. The van der Waals surface area contributed by atoms with Crippen molar-refractivity contribution < 1.29 is 13.2 Å². The zero-order chi connectivity index (χ0) is 25.7. The molecule has 0 saturated heterocycles. The molecule has 0 aliphatic carbocycles. The van der Waals surface area contributed by atoms with E-state index < -0.39 is 21.5 Å². The Hall–Kier alpha value is -3.96. The molecule has 0 aliphatic rings. The number of pyridine rings is 1. The molecule has 2 aromatic heterocycles. The lowest BCUT2D eigenvalue weighted by Crippen LogP contribution is -2.34. The van der Waals surface area contributed by atoms with E-state index in [1.807, 2.05) is 0 Å². The SMILES string of the molecule is Cc1ccc(NS(=O)(=O)Cc2ccccc2)c(=O)n1CC(=O)NCc1cc(Cl)ccc1-n1cncn1. The van der Waals surface area contributed by atoms with Crippen LogP contribution in [-0.2, 0) is 33.7 Å². The quantitative estimate of drug-likeness (QED) is 0.345. The van der Waals surface area contributed by atoms with E-state index >= 15 is 0 Å². The van der Waals surface area contributed by atoms with Crippen LogP contribution in [0.4, 0.5) is 5.69 Å². The number of carbonyl (C=O) groups is 1. The van der Waals surface area contributed by atoms with Gasteiger partial charge in [0.2, 0.25) is 15.9 Å². The summed E-state index contributed by atoms with van der Waals surface area (Å²) < 4.78 is 30.3. The number of halogens is 1. The van der Waals surface area contributed by atoms with Crippen molar-refractivity contribution in [3.63, 3.8) is 0 Å². The normalized spacial score (nSPS) is 11.3. The highest BCUT2D eigenvalue weighted by molar-refractivity contribution is 7.91. The van der Waals surface area contributed by atoms with E-state index in [1.165, 1.54) is 23.3 Å². The van der Waals surface area contributed by atoms with Crippen molar-refractivity contribution in [3.05, 3.63) is 106 Å². The molecule has 10 nitrogen and oxygen atoms in total. The molecule has 12 heteroatoms. The minimum Gasteiger partial charge on any atom is -0.350 e. The zero-order valence-corrected chi connectivity index (χ0v) is 20.8. The highest BCUT2D eigenvalue weighted by atomic mass is 35.5. The Morgan fingerprint density at radius 1 is 1.08 bits per heavy atom. The van der Waals surface area contributed by atoms with Crippen LogP contribution in [0, 0.1) is 6.92 Å². The molecular formula is C24H23ClN6O4S. The van der Waals surface area contributed by atoms with Gasteiger partial charge in [-0.3, -0.25) is 14.3 Å². The predicted molar refractivity (Wildman–Crippen MR) is 136 cm³/mol. The van der Waals surface area contributed by atoms with Crippen molar-refractivity contribution in [2.45, 2.75) is 25.8 Å². The van der Waals surface area contributed by atoms with Crippen LogP contribution < -0.4 is 15.6 Å². The summed E-state index contributed by atoms with van der Waals surface area (Å²) in [5, 5.41) is 7.37. The van der Waals surface area contributed by atoms with Gasteiger partial charge in [-0.05, 0) is 48.4 Å². The average Bonchev–Trinajstić information content (AvgIpc) is 3.37. The van der Waals surface area contributed by atoms with Gasteiger partial charge in [0.05, 0.1) is 11.4 Å². The molecule has 0 fully saturated rings. The Bertz CT molecular complexity index is 1540. The van der Waals surface area contributed by atoms with Gasteiger partial charge in [0, 0.05) is 17.3 Å². The lowest BCUT2D eigenvalue weighted by molar-refractivity contribution is -0.121. The number of nitrogens with zero attached hydrogens (tertiary/aromatic N) is 4. The number of rotatable bonds is 9. The van der Waals surface area contributed by atoms with E-state index in [9.17, 15) is 18.0 Å². The molecule has 1 amide bonds. The Morgan fingerprint density at radius 2 is 1.86 bits per heavy atom. The first-order chi connectivity index (χ1) is 17.2. The van der Waals surface area contributed by atoms with E-state index in [0.29, 0.717) is 27.5 Å². The van der Waals surface area contributed by atoms with Crippen LogP contribution >= 0.6 is 11.6 Å². The molecule has 4 aromatic rings. The van der Waals surface area contributed by atoms with Crippen molar-refractivity contribution in [1.29, 1.82) is 0 Å². The van der Waals surface area contributed by atoms with Crippen LogP contribution in [0.1, 0.15) is 16.8 Å². The van der Waals surface area contributed by atoms with Crippen LogP contribution in [0.15, 0.2) is 78.1 Å². The van der Waals surface area contributed by atoms with Gasteiger partial charge in [0.15, 0.2) is 0 Å². The molecule has 0 spiro atoms. The maximum absolute atomic E-state index is 13.0. The van der Waals surface area contributed by atoms with Crippen molar-refractivity contribution in [2.24, 2.45) is 0 Å². The summed E-state index contributed by atoms with van der Waals surface area (Å²) >= 11 is 6.13. The van der Waals surface area contributed by atoms with Gasteiger partial charge in [-0.25, -0.2) is 18.1 Å². The summed E-state index contributed by atoms with van der Waals surface area (Å²) in [6.07, 6.45) is 2.93. The third kappa shape index (κ3) is 6.18. The summed E-state index contributed by atoms with van der Waals surface area (Å²) in [5.74, 6) is -0.718. The molecule has 36 heavy (non-hydrogen) atoms. The second-order valence-electron chi connectivity index (χ2n) is 8.02. The number of aryl methyl sites for hydroxylation is 1. The molecule has 0 aliphatic heterocycles. The fourth-order valence-electron chi connectivity index (χ4n) is 3.59. The van der Waals surface area contributed by atoms with Crippen molar-refractivity contribution in [2.75, 3.05) is 4.72 Å². The fraction of sp³-hybridized carbons (Fsp3) is 0.167. The molecular weight excluding hydrogens is 504 g/mol. The number of amides is 1. The third-order valence-corrected chi connectivity index (χ3v) is 6.82. The molecule has 0 saturated carbocycles. The predicted octanol–water partition coefficient (Wildman–Crippen LogP) is 2.65. The standard InChI is InChI=1S/C24H23ClN6O4S/c1-17-7-9-21(29-36(34,35)14-18-5-3-2-4-6-18)24(33)30(17)13-23(32)27-12-19-11-20(25)8-10-22(19)31-16-26-15-28-31/h2-11,15-16,29H,12-14H2,1H3,(H,27,32). The molecule has 0 atom stereocenters. The van der Waals surface area contributed by atoms with Crippen LogP contribution in [0.25, 0.3) is 5.69 Å². The van der Waals surface area contributed by atoms with E-state index in [-0.39, 0.29) is 24.5 Å². The first-order valence-corrected chi connectivity index (χ1v) is 12.9. The lowest BCUT2D eigenvalue weighted by Gasteiger charge is -2.14. The van der Waals surface area contributed by atoms with Gasteiger partial charge in [-0.1, -0.05) is 41.9 Å². The summed E-state index contributed by atoms with van der Waals surface area (Å²) in [6.45, 7) is 1.50. The van der Waals surface area contributed by atoms with Gasteiger partial charge >= 0.3 is 0 Å². The van der Waals surface area contributed by atoms with Crippen molar-refractivity contribution in [1.82, 2.24) is 24.6 Å². The molecule has 0 bridgehead atoms. The zero-order valence-electron chi connectivity index (χ0n) is 19.3. The van der Waals surface area contributed by atoms with Gasteiger partial charge < -0.3 is 9.88 Å². The number of benzene rings is 2. The molecule has 186 valence electrons. The Labute approximate surface area is 212 Å². The molecule has 2 heterocycles. The second kappa shape index (κ2) is 10.8. The van der Waals surface area contributed by atoms with Crippen LogP contribution in [0.3, 0.4) is 0 Å². The van der Waals surface area contributed by atoms with Gasteiger partial charge in [0.25, 0.3) is 5.56 Å². The lowest BCUT2D eigenvalue weighted by atomic mass is 10.1. The van der Waals surface area contributed by atoms with Crippen molar-refractivity contribution in [3.8, 4) is 5.69 Å². The fourth-order valence-corrected chi connectivity index (χ4v) is 4.98. The second-order valence-corrected chi connectivity index (χ2v) is 10.2. The number of nitrogens with one attached hydrogen (secondary N) is 2. The molecule has 2 N–H and O–H groups in total. The summed E-state index contributed by atoms with van der Waals surface area (Å²) in [7, 11) is -3.83. The number of anilines is 1. The summed E-state index contributed by atoms with van der Waals surface area (Å²) in [4.78, 5) is 29.7. The van der Waals surface area contributed by atoms with Crippen LogP contribution in [0.2, 0.25) is 5.02 Å². The average molecular weight is 527 g/mol. The Kier molecular flexibility index (Phi) is 7.51. The minimum absolute atomic E-state index is 0.131.